The van der Waals surface area contributed by atoms with Gasteiger partial charge >= 0.3 is 11.9 Å². The van der Waals surface area contributed by atoms with Crippen LogP contribution in [0.15, 0.2) is 12.3 Å². The lowest BCUT2D eigenvalue weighted by atomic mass is 9.87. The van der Waals surface area contributed by atoms with Gasteiger partial charge in [0.25, 0.3) is 5.91 Å². The van der Waals surface area contributed by atoms with E-state index in [2.05, 4.69) is 17.2 Å². The molecule has 11 nitrogen and oxygen atoms in total. The summed E-state index contributed by atoms with van der Waals surface area (Å²) in [5, 5.41) is 2.67. The van der Waals surface area contributed by atoms with E-state index in [1.165, 1.54) is 52.0 Å². The fourth-order valence-corrected chi connectivity index (χ4v) is 5.33. The third-order valence-corrected chi connectivity index (χ3v) is 7.37. The summed E-state index contributed by atoms with van der Waals surface area (Å²) >= 11 is 0. The first-order valence-corrected chi connectivity index (χ1v) is 14.3. The van der Waals surface area contributed by atoms with Gasteiger partial charge in [-0.25, -0.2) is 9.78 Å². The van der Waals surface area contributed by atoms with Crippen LogP contribution in [0.4, 0.5) is 0 Å². The molecule has 4 atom stereocenters. The summed E-state index contributed by atoms with van der Waals surface area (Å²) in [6, 6.07) is 0.430. The van der Waals surface area contributed by atoms with E-state index < -0.39 is 36.8 Å². The molecule has 224 valence electrons. The van der Waals surface area contributed by atoms with E-state index in [1.54, 1.807) is 0 Å². The average molecular weight is 565 g/mol. The minimum absolute atomic E-state index is 0.0216. The van der Waals surface area contributed by atoms with Crippen molar-refractivity contribution in [1.29, 1.82) is 0 Å². The lowest BCUT2D eigenvalue weighted by Crippen LogP contribution is -2.46. The molecule has 1 saturated heterocycles. The van der Waals surface area contributed by atoms with E-state index in [-0.39, 0.29) is 35.8 Å². The molecule has 1 saturated carbocycles. The van der Waals surface area contributed by atoms with Crippen molar-refractivity contribution in [2.75, 3.05) is 33.7 Å². The molecule has 0 bridgehead atoms. The van der Waals surface area contributed by atoms with Crippen LogP contribution in [0.25, 0.3) is 0 Å². The number of methoxy groups -OCH3 is 1. The number of rotatable bonds is 13. The van der Waals surface area contributed by atoms with E-state index in [4.69, 9.17) is 28.4 Å². The highest BCUT2D eigenvalue weighted by molar-refractivity contribution is 5.98. The molecule has 0 unspecified atom stereocenters. The third-order valence-electron chi connectivity index (χ3n) is 7.37. The van der Waals surface area contributed by atoms with Crippen molar-refractivity contribution in [2.24, 2.45) is 11.8 Å². The minimum atomic E-state index is -1.07. The van der Waals surface area contributed by atoms with Crippen LogP contribution in [0.3, 0.4) is 0 Å². The van der Waals surface area contributed by atoms with Crippen LogP contribution in [-0.2, 0) is 28.5 Å². The van der Waals surface area contributed by atoms with Gasteiger partial charge in [-0.3, -0.25) is 9.59 Å². The molecule has 2 aliphatic rings. The third kappa shape index (κ3) is 9.33. The molecule has 0 radical (unpaired) electrons. The molecular weight excluding hydrogens is 520 g/mol. The predicted molar refractivity (Wildman–Crippen MR) is 145 cm³/mol. The Hall–Kier alpha value is -2.92. The fourth-order valence-electron chi connectivity index (χ4n) is 5.33. The van der Waals surface area contributed by atoms with E-state index in [9.17, 15) is 14.4 Å². The fraction of sp³-hybridized carbons (Fsp3) is 0.724. The zero-order valence-electron chi connectivity index (χ0n) is 24.1. The van der Waals surface area contributed by atoms with Crippen molar-refractivity contribution >= 4 is 17.8 Å². The topological polar surface area (TPSA) is 132 Å². The standard InChI is InChI=1S/C29H44N2O9/c1-5-6-9-14-37-26-19(2)40-29(34)23(17-36-16-22(26)15-21-10-7-8-11-21)31-28(33)25-27(39-18-38-20(3)32)24(35-4)12-13-30-25/h12-13,19,21-23,26H,5-11,14-18H2,1-4H3,(H,31,33)/t19-,22-,23-,26-/m0/s1. The maximum atomic E-state index is 13.3. The summed E-state index contributed by atoms with van der Waals surface area (Å²) in [7, 11) is 1.41. The van der Waals surface area contributed by atoms with Gasteiger partial charge < -0.3 is 33.7 Å². The maximum absolute atomic E-state index is 13.3. The molecule has 1 aromatic heterocycles. The number of hydrogen-bond acceptors (Lipinski definition) is 10. The highest BCUT2D eigenvalue weighted by atomic mass is 16.7. The zero-order valence-corrected chi connectivity index (χ0v) is 24.1. The molecule has 40 heavy (non-hydrogen) atoms. The van der Waals surface area contributed by atoms with Crippen molar-refractivity contribution < 1.29 is 42.8 Å². The number of aromatic nitrogens is 1. The molecule has 0 aromatic carbocycles. The molecule has 1 N–H and O–H groups in total. The number of nitrogens with one attached hydrogen (secondary N) is 1. The van der Waals surface area contributed by atoms with Crippen LogP contribution in [0.2, 0.25) is 0 Å². The number of pyridine rings is 1. The monoisotopic (exact) mass is 564 g/mol. The van der Waals surface area contributed by atoms with E-state index in [0.717, 1.165) is 25.7 Å². The molecule has 1 aromatic rings. The van der Waals surface area contributed by atoms with Gasteiger partial charge in [0.05, 0.1) is 26.4 Å². The van der Waals surface area contributed by atoms with Gasteiger partial charge in [0.1, 0.15) is 6.10 Å². The van der Waals surface area contributed by atoms with Crippen molar-refractivity contribution in [1.82, 2.24) is 10.3 Å². The lowest BCUT2D eigenvalue weighted by Gasteiger charge is -2.32. The van der Waals surface area contributed by atoms with E-state index in [0.29, 0.717) is 19.1 Å². The number of unbranched alkanes of at least 4 members (excludes halogenated alkanes) is 2. The molecule has 1 aliphatic carbocycles. The second-order valence-corrected chi connectivity index (χ2v) is 10.5. The number of hydrogen-bond donors (Lipinski definition) is 1. The molecule has 11 heteroatoms. The van der Waals surface area contributed by atoms with E-state index in [1.807, 2.05) is 6.92 Å². The van der Waals surface area contributed by atoms with Crippen molar-refractivity contribution in [3.8, 4) is 11.5 Å². The molecule has 3 rings (SSSR count). The van der Waals surface area contributed by atoms with Crippen LogP contribution >= 0.6 is 0 Å². The second-order valence-electron chi connectivity index (χ2n) is 10.5. The number of carbonyl (C=O) groups is 3. The molecular formula is C29H44N2O9. The number of nitrogens with zero attached hydrogens (tertiary/aromatic N) is 1. The largest absolute Gasteiger partial charge is 0.493 e. The first-order valence-electron chi connectivity index (χ1n) is 14.3. The smallest absolute Gasteiger partial charge is 0.331 e. The van der Waals surface area contributed by atoms with Crippen LogP contribution in [-0.4, -0.2) is 74.8 Å². The van der Waals surface area contributed by atoms with Gasteiger partial charge in [0.2, 0.25) is 6.79 Å². The van der Waals surface area contributed by atoms with Gasteiger partial charge in [0, 0.05) is 31.7 Å². The Bertz CT molecular complexity index is 967. The normalized spacial score (nSPS) is 23.9. The van der Waals surface area contributed by atoms with Crippen LogP contribution in [0, 0.1) is 11.8 Å². The zero-order chi connectivity index (χ0) is 28.9. The molecule has 2 fully saturated rings. The summed E-state index contributed by atoms with van der Waals surface area (Å²) in [5.41, 5.74) is -0.136. The maximum Gasteiger partial charge on any atom is 0.331 e. The minimum Gasteiger partial charge on any atom is -0.493 e. The van der Waals surface area contributed by atoms with Crippen LogP contribution in [0.1, 0.15) is 82.6 Å². The molecule has 0 spiro atoms. The van der Waals surface area contributed by atoms with Gasteiger partial charge in [-0.05, 0) is 25.7 Å². The Labute approximate surface area is 236 Å². The highest BCUT2D eigenvalue weighted by Gasteiger charge is 2.37. The Morgan fingerprint density at radius 3 is 2.65 bits per heavy atom. The Morgan fingerprint density at radius 1 is 1.18 bits per heavy atom. The average Bonchev–Trinajstić information content (AvgIpc) is 3.45. The first-order chi connectivity index (χ1) is 19.3. The molecule has 1 aliphatic heterocycles. The SMILES string of the molecule is CCCCCO[C@@H]1[C@@H](CC2CCCC2)COC[C@H](NC(=O)c2nccc(OC)c2OCOC(C)=O)C(=O)O[C@H]1C. The van der Waals surface area contributed by atoms with Crippen molar-refractivity contribution in [3.05, 3.63) is 18.0 Å². The van der Waals surface area contributed by atoms with Gasteiger partial charge in [-0.1, -0.05) is 45.4 Å². The summed E-state index contributed by atoms with van der Waals surface area (Å²) in [6.45, 7) is 5.72. The molecule has 1 amide bonds. The van der Waals surface area contributed by atoms with Gasteiger partial charge in [-0.2, -0.15) is 0 Å². The summed E-state index contributed by atoms with van der Waals surface area (Å²) in [4.78, 5) is 41.7. The number of carbonyl (C=O) groups excluding carboxylic acids is 3. The summed E-state index contributed by atoms with van der Waals surface area (Å²) < 4.78 is 33.8. The summed E-state index contributed by atoms with van der Waals surface area (Å²) in [5.74, 6) is -0.979. The number of esters is 2. The number of amides is 1. The van der Waals surface area contributed by atoms with Gasteiger partial charge in [-0.15, -0.1) is 0 Å². The van der Waals surface area contributed by atoms with E-state index >= 15 is 0 Å². The Morgan fingerprint density at radius 2 is 1.95 bits per heavy atom. The first kappa shape index (κ1) is 31.6. The quantitative estimate of drug-likeness (QED) is 0.214. The van der Waals surface area contributed by atoms with Crippen LogP contribution in [0.5, 0.6) is 11.5 Å². The van der Waals surface area contributed by atoms with Gasteiger partial charge in [0.15, 0.2) is 23.2 Å². The van der Waals surface area contributed by atoms with Crippen LogP contribution < -0.4 is 14.8 Å². The summed E-state index contributed by atoms with van der Waals surface area (Å²) in [6.07, 6.45) is 9.50. The highest BCUT2D eigenvalue weighted by Crippen LogP contribution is 2.34. The van der Waals surface area contributed by atoms with Crippen molar-refractivity contribution in [2.45, 2.75) is 90.4 Å². The number of cyclic esters (lactones) is 1. The Kier molecular flexibility index (Phi) is 12.9. The lowest BCUT2D eigenvalue weighted by molar-refractivity contribution is -0.160. The number of ether oxygens (including phenoxy) is 6. The van der Waals surface area contributed by atoms with Crippen molar-refractivity contribution in [3.63, 3.8) is 0 Å². The second kappa shape index (κ2) is 16.4. The predicted octanol–water partition coefficient (Wildman–Crippen LogP) is 3.82. The Balaban J connectivity index is 1.73. The molecule has 2 heterocycles.